The minimum absolute atomic E-state index is 0.0451. The van der Waals surface area contributed by atoms with Crippen LogP contribution in [0.25, 0.3) is 11.4 Å². The Balaban J connectivity index is 1.64. The summed E-state index contributed by atoms with van der Waals surface area (Å²) in [5.74, 6) is 0.287. The van der Waals surface area contributed by atoms with Crippen molar-refractivity contribution in [2.75, 3.05) is 13.1 Å². The quantitative estimate of drug-likeness (QED) is 0.803. The number of rotatable bonds is 6. The minimum atomic E-state index is -0.364. The Labute approximate surface area is 164 Å². The van der Waals surface area contributed by atoms with Crippen LogP contribution >= 0.6 is 0 Å². The third kappa shape index (κ3) is 4.57. The van der Waals surface area contributed by atoms with Crippen molar-refractivity contribution < 1.29 is 9.18 Å². The van der Waals surface area contributed by atoms with Crippen molar-refractivity contribution in [2.45, 2.75) is 51.6 Å². The van der Waals surface area contributed by atoms with Gasteiger partial charge in [-0.15, -0.1) is 0 Å². The van der Waals surface area contributed by atoms with E-state index in [4.69, 9.17) is 5.26 Å². The molecule has 0 bridgehead atoms. The van der Waals surface area contributed by atoms with Gasteiger partial charge in [0.1, 0.15) is 17.7 Å². The predicted molar refractivity (Wildman–Crippen MR) is 105 cm³/mol. The van der Waals surface area contributed by atoms with Crippen molar-refractivity contribution in [2.24, 2.45) is 0 Å². The summed E-state index contributed by atoms with van der Waals surface area (Å²) in [7, 11) is 0. The normalized spacial score (nSPS) is 17.0. The van der Waals surface area contributed by atoms with Crippen LogP contribution < -0.4 is 5.32 Å². The second kappa shape index (κ2) is 8.11. The monoisotopic (exact) mass is 383 g/mol. The van der Waals surface area contributed by atoms with Crippen LogP contribution in [0.3, 0.4) is 0 Å². The van der Waals surface area contributed by atoms with Crippen molar-refractivity contribution in [3.63, 3.8) is 0 Å². The molecule has 0 spiro atoms. The van der Waals surface area contributed by atoms with Gasteiger partial charge in [-0.25, -0.2) is 9.37 Å². The summed E-state index contributed by atoms with van der Waals surface area (Å²) in [4.78, 5) is 22.0. The first-order valence-electron chi connectivity index (χ1n) is 9.54. The lowest BCUT2D eigenvalue weighted by atomic mass is 9.97. The number of H-pyrrole nitrogens is 1. The second-order valence-corrected chi connectivity index (χ2v) is 7.96. The average molecular weight is 383 g/mol. The topological polar surface area (TPSA) is 84.8 Å². The summed E-state index contributed by atoms with van der Waals surface area (Å²) < 4.78 is 13.5. The van der Waals surface area contributed by atoms with Crippen molar-refractivity contribution in [3.8, 4) is 17.5 Å². The standard InChI is InChI=1S/C21H26FN5O/c1-14-18(26-20(25-14)15-6-4-7-16(22)10-15)11-21(2,3)24-13-19(28)27-9-5-8-17(27)12-23/h4,6-7,10,17,24H,5,8-9,11,13H2,1-3H3,(H,25,26)/t17-/m0/s1. The third-order valence-electron chi connectivity index (χ3n) is 5.13. The fourth-order valence-corrected chi connectivity index (χ4v) is 3.54. The first-order chi connectivity index (χ1) is 13.3. The molecule has 0 aliphatic carbocycles. The Bertz CT molecular complexity index is 898. The summed E-state index contributed by atoms with van der Waals surface area (Å²) in [5.41, 5.74) is 2.13. The van der Waals surface area contributed by atoms with Crippen LogP contribution in [-0.4, -0.2) is 45.4 Å². The molecule has 0 radical (unpaired) electrons. The fourth-order valence-electron chi connectivity index (χ4n) is 3.54. The molecule has 148 valence electrons. The molecule has 0 unspecified atom stereocenters. The van der Waals surface area contributed by atoms with Crippen molar-refractivity contribution >= 4 is 5.91 Å². The van der Waals surface area contributed by atoms with E-state index in [1.807, 2.05) is 26.8 Å². The maximum Gasteiger partial charge on any atom is 0.237 e. The number of halogens is 1. The van der Waals surface area contributed by atoms with Gasteiger partial charge in [0.25, 0.3) is 0 Å². The van der Waals surface area contributed by atoms with E-state index in [2.05, 4.69) is 21.4 Å². The maximum absolute atomic E-state index is 13.5. The van der Waals surface area contributed by atoms with Gasteiger partial charge in [-0.3, -0.25) is 4.79 Å². The highest BCUT2D eigenvalue weighted by molar-refractivity contribution is 5.79. The highest BCUT2D eigenvalue weighted by Gasteiger charge is 2.30. The van der Waals surface area contributed by atoms with Gasteiger partial charge in [0.15, 0.2) is 0 Å². The molecular formula is C21H26FN5O. The van der Waals surface area contributed by atoms with E-state index < -0.39 is 0 Å². The van der Waals surface area contributed by atoms with E-state index in [1.165, 1.54) is 12.1 Å². The number of likely N-dealkylation sites (tertiary alicyclic amines) is 1. The Morgan fingerprint density at radius 2 is 2.29 bits per heavy atom. The smallest absolute Gasteiger partial charge is 0.237 e. The minimum Gasteiger partial charge on any atom is -0.342 e. The molecular weight excluding hydrogens is 357 g/mol. The molecule has 1 aromatic heterocycles. The summed E-state index contributed by atoms with van der Waals surface area (Å²) in [6, 6.07) is 8.22. The van der Waals surface area contributed by atoms with E-state index >= 15 is 0 Å². The molecule has 1 amide bonds. The molecule has 2 aromatic rings. The van der Waals surface area contributed by atoms with Gasteiger partial charge in [-0.2, -0.15) is 5.26 Å². The van der Waals surface area contributed by atoms with E-state index in [0.29, 0.717) is 24.4 Å². The first-order valence-corrected chi connectivity index (χ1v) is 9.54. The Morgan fingerprint density at radius 1 is 1.50 bits per heavy atom. The van der Waals surface area contributed by atoms with Gasteiger partial charge < -0.3 is 15.2 Å². The number of hydrogen-bond acceptors (Lipinski definition) is 4. The number of carbonyl (C=O) groups is 1. The SMILES string of the molecule is Cc1[nH]c(-c2cccc(F)c2)nc1CC(C)(C)NCC(=O)N1CCC[C@H]1C#N. The van der Waals surface area contributed by atoms with Gasteiger partial charge in [0.2, 0.25) is 5.91 Å². The zero-order valence-corrected chi connectivity index (χ0v) is 16.6. The number of aromatic amines is 1. The fraction of sp³-hybridized carbons (Fsp3) is 0.476. The van der Waals surface area contributed by atoms with Crippen LogP contribution in [0.4, 0.5) is 4.39 Å². The predicted octanol–water partition coefficient (Wildman–Crippen LogP) is 2.95. The molecule has 7 heteroatoms. The van der Waals surface area contributed by atoms with Crippen LogP contribution in [-0.2, 0) is 11.2 Å². The van der Waals surface area contributed by atoms with E-state index in [-0.39, 0.29) is 29.8 Å². The Morgan fingerprint density at radius 3 is 3.00 bits per heavy atom. The lowest BCUT2D eigenvalue weighted by Gasteiger charge is -2.28. The molecule has 2 heterocycles. The Hall–Kier alpha value is -2.72. The number of imidazole rings is 1. The van der Waals surface area contributed by atoms with Crippen LogP contribution in [0.5, 0.6) is 0 Å². The molecule has 6 nitrogen and oxygen atoms in total. The summed E-state index contributed by atoms with van der Waals surface area (Å²) in [6.07, 6.45) is 2.24. The zero-order valence-electron chi connectivity index (χ0n) is 16.6. The third-order valence-corrected chi connectivity index (χ3v) is 5.13. The highest BCUT2D eigenvalue weighted by atomic mass is 19.1. The molecule has 0 saturated carbocycles. The highest BCUT2D eigenvalue weighted by Crippen LogP contribution is 2.22. The van der Waals surface area contributed by atoms with Gasteiger partial charge in [0.05, 0.1) is 18.3 Å². The lowest BCUT2D eigenvalue weighted by Crippen LogP contribution is -2.48. The number of benzene rings is 1. The number of nitrogens with zero attached hydrogens (tertiary/aromatic N) is 3. The number of hydrogen-bond donors (Lipinski definition) is 2. The van der Waals surface area contributed by atoms with E-state index in [9.17, 15) is 9.18 Å². The molecule has 1 aliphatic rings. The van der Waals surface area contributed by atoms with Gasteiger partial charge in [-0.1, -0.05) is 12.1 Å². The van der Waals surface area contributed by atoms with Crippen LogP contribution in [0.1, 0.15) is 38.1 Å². The molecule has 1 aliphatic heterocycles. The molecule has 1 aromatic carbocycles. The zero-order chi connectivity index (χ0) is 20.3. The number of amides is 1. The lowest BCUT2D eigenvalue weighted by molar-refractivity contribution is -0.130. The van der Waals surface area contributed by atoms with Crippen LogP contribution in [0, 0.1) is 24.1 Å². The number of nitrogens with one attached hydrogen (secondary N) is 2. The van der Waals surface area contributed by atoms with Crippen LogP contribution in [0.2, 0.25) is 0 Å². The summed E-state index contributed by atoms with van der Waals surface area (Å²) in [5, 5.41) is 12.5. The summed E-state index contributed by atoms with van der Waals surface area (Å²) >= 11 is 0. The molecule has 1 atom stereocenters. The van der Waals surface area contributed by atoms with Crippen molar-refractivity contribution in [1.29, 1.82) is 5.26 Å². The summed E-state index contributed by atoms with van der Waals surface area (Å²) in [6.45, 7) is 6.80. The molecule has 1 saturated heterocycles. The Kier molecular flexibility index (Phi) is 5.80. The van der Waals surface area contributed by atoms with E-state index in [1.54, 1.807) is 11.0 Å². The molecule has 3 rings (SSSR count). The number of carbonyl (C=O) groups excluding carboxylic acids is 1. The number of nitriles is 1. The molecule has 2 N–H and O–H groups in total. The van der Waals surface area contributed by atoms with Crippen molar-refractivity contribution in [3.05, 3.63) is 41.5 Å². The molecule has 28 heavy (non-hydrogen) atoms. The largest absolute Gasteiger partial charge is 0.342 e. The van der Waals surface area contributed by atoms with Crippen molar-refractivity contribution in [1.82, 2.24) is 20.2 Å². The second-order valence-electron chi connectivity index (χ2n) is 7.96. The maximum atomic E-state index is 13.5. The van der Waals surface area contributed by atoms with Gasteiger partial charge in [-0.05, 0) is 45.7 Å². The average Bonchev–Trinajstić information content (AvgIpc) is 3.26. The first kappa shape index (κ1) is 20.0. The van der Waals surface area contributed by atoms with Gasteiger partial charge in [0, 0.05) is 29.8 Å². The van der Waals surface area contributed by atoms with Crippen LogP contribution in [0.15, 0.2) is 24.3 Å². The van der Waals surface area contributed by atoms with E-state index in [0.717, 1.165) is 24.2 Å². The number of aromatic nitrogens is 2. The van der Waals surface area contributed by atoms with Gasteiger partial charge >= 0.3 is 0 Å². The number of aryl methyl sites for hydroxylation is 1. The molecule has 1 fully saturated rings.